The summed E-state index contributed by atoms with van der Waals surface area (Å²) in [7, 11) is 0. The zero-order chi connectivity index (χ0) is 13.7. The maximum atomic E-state index is 5.82. The van der Waals surface area contributed by atoms with E-state index in [9.17, 15) is 0 Å². The van der Waals surface area contributed by atoms with Crippen LogP contribution in [0.25, 0.3) is 0 Å². The molecule has 3 nitrogen and oxygen atoms in total. The molecule has 0 unspecified atom stereocenters. The minimum Gasteiger partial charge on any atom is -0.477 e. The van der Waals surface area contributed by atoms with Gasteiger partial charge in [-0.25, -0.2) is 4.98 Å². The molecule has 1 aliphatic carbocycles. The van der Waals surface area contributed by atoms with Gasteiger partial charge in [-0.3, -0.25) is 0 Å². The molecule has 0 atom stereocenters. The van der Waals surface area contributed by atoms with Crippen molar-refractivity contribution in [3.05, 3.63) is 23.9 Å². The van der Waals surface area contributed by atoms with Crippen LogP contribution in [0.1, 0.15) is 52.0 Å². The van der Waals surface area contributed by atoms with Crippen LogP contribution in [0.4, 0.5) is 0 Å². The fourth-order valence-corrected chi connectivity index (χ4v) is 2.39. The third-order valence-electron chi connectivity index (χ3n) is 3.56. The molecule has 106 valence electrons. The zero-order valence-electron chi connectivity index (χ0n) is 12.4. The normalized spacial score (nSPS) is 16.8. The lowest BCUT2D eigenvalue weighted by molar-refractivity contribution is 0.243. The molecule has 0 bridgehead atoms. The van der Waals surface area contributed by atoms with Gasteiger partial charge in [0, 0.05) is 24.3 Å². The van der Waals surface area contributed by atoms with Crippen LogP contribution in [-0.4, -0.2) is 17.1 Å². The third kappa shape index (κ3) is 5.19. The van der Waals surface area contributed by atoms with Gasteiger partial charge in [0.1, 0.15) is 0 Å². The number of hydrogen-bond acceptors (Lipinski definition) is 3. The summed E-state index contributed by atoms with van der Waals surface area (Å²) in [6.45, 7) is 8.19. The van der Waals surface area contributed by atoms with Crippen molar-refractivity contribution in [2.24, 2.45) is 5.92 Å². The fraction of sp³-hybridized carbons (Fsp3) is 0.688. The van der Waals surface area contributed by atoms with Crippen molar-refractivity contribution in [3.63, 3.8) is 0 Å². The second-order valence-corrected chi connectivity index (χ2v) is 6.57. The molecule has 19 heavy (non-hydrogen) atoms. The van der Waals surface area contributed by atoms with E-state index < -0.39 is 0 Å². The Morgan fingerprint density at radius 1 is 1.32 bits per heavy atom. The minimum atomic E-state index is 0.133. The molecule has 1 aliphatic rings. The number of nitrogens with zero attached hydrogens (tertiary/aromatic N) is 1. The average Bonchev–Trinajstić information content (AvgIpc) is 2.87. The Labute approximate surface area is 116 Å². The van der Waals surface area contributed by atoms with Gasteiger partial charge in [0.05, 0.1) is 6.61 Å². The summed E-state index contributed by atoms with van der Waals surface area (Å²) >= 11 is 0. The SMILES string of the molecule is CC(C)(C)NCc1ccnc(OCC2CCCC2)c1. The van der Waals surface area contributed by atoms with E-state index >= 15 is 0 Å². The van der Waals surface area contributed by atoms with E-state index in [1.807, 2.05) is 18.3 Å². The minimum absolute atomic E-state index is 0.133. The molecule has 3 heteroatoms. The van der Waals surface area contributed by atoms with Crippen LogP contribution in [-0.2, 0) is 6.54 Å². The molecule has 1 heterocycles. The quantitative estimate of drug-likeness (QED) is 0.881. The second kappa shape index (κ2) is 6.38. The average molecular weight is 262 g/mol. The first-order valence-electron chi connectivity index (χ1n) is 7.36. The lowest BCUT2D eigenvalue weighted by Gasteiger charge is -2.20. The summed E-state index contributed by atoms with van der Waals surface area (Å²) in [5.41, 5.74) is 1.36. The van der Waals surface area contributed by atoms with Crippen LogP contribution >= 0.6 is 0 Å². The van der Waals surface area contributed by atoms with E-state index in [1.54, 1.807) is 0 Å². The summed E-state index contributed by atoms with van der Waals surface area (Å²) in [5, 5.41) is 3.48. The van der Waals surface area contributed by atoms with E-state index in [4.69, 9.17) is 4.74 Å². The number of aromatic nitrogens is 1. The highest BCUT2D eigenvalue weighted by molar-refractivity contribution is 5.20. The molecule has 1 N–H and O–H groups in total. The summed E-state index contributed by atoms with van der Waals surface area (Å²) in [5.74, 6) is 1.50. The molecule has 0 radical (unpaired) electrons. The van der Waals surface area contributed by atoms with Crippen molar-refractivity contribution in [2.45, 2.75) is 58.5 Å². The number of rotatable bonds is 5. The van der Waals surface area contributed by atoms with Gasteiger partial charge in [-0.15, -0.1) is 0 Å². The largest absolute Gasteiger partial charge is 0.477 e. The highest BCUT2D eigenvalue weighted by Gasteiger charge is 2.15. The highest BCUT2D eigenvalue weighted by Crippen LogP contribution is 2.25. The predicted octanol–water partition coefficient (Wildman–Crippen LogP) is 3.54. The summed E-state index contributed by atoms with van der Waals surface area (Å²) in [4.78, 5) is 4.29. The van der Waals surface area contributed by atoms with E-state index in [1.165, 1.54) is 31.2 Å². The standard InChI is InChI=1S/C16H26N2O/c1-16(2,3)18-11-14-8-9-17-15(10-14)19-12-13-6-4-5-7-13/h8-10,13,18H,4-7,11-12H2,1-3H3. The number of ether oxygens (including phenoxy) is 1. The Morgan fingerprint density at radius 2 is 2.05 bits per heavy atom. The molecule has 2 rings (SSSR count). The van der Waals surface area contributed by atoms with Gasteiger partial charge < -0.3 is 10.1 Å². The topological polar surface area (TPSA) is 34.2 Å². The van der Waals surface area contributed by atoms with Crippen molar-refractivity contribution >= 4 is 0 Å². The fourth-order valence-electron chi connectivity index (χ4n) is 2.39. The monoisotopic (exact) mass is 262 g/mol. The molecule has 1 saturated carbocycles. The lowest BCUT2D eigenvalue weighted by Crippen LogP contribution is -2.35. The highest BCUT2D eigenvalue weighted by atomic mass is 16.5. The molecule has 0 spiro atoms. The summed E-state index contributed by atoms with van der Waals surface area (Å²) in [6, 6.07) is 4.09. The lowest BCUT2D eigenvalue weighted by atomic mass is 10.1. The first kappa shape index (κ1) is 14.3. The van der Waals surface area contributed by atoms with E-state index in [-0.39, 0.29) is 5.54 Å². The zero-order valence-corrected chi connectivity index (χ0v) is 12.4. The van der Waals surface area contributed by atoms with Gasteiger partial charge in [-0.2, -0.15) is 0 Å². The Balaban J connectivity index is 1.84. The smallest absolute Gasteiger partial charge is 0.213 e. The first-order valence-corrected chi connectivity index (χ1v) is 7.36. The van der Waals surface area contributed by atoms with Crippen molar-refractivity contribution in [1.29, 1.82) is 0 Å². The molecule has 0 saturated heterocycles. The van der Waals surface area contributed by atoms with Crippen molar-refractivity contribution in [2.75, 3.05) is 6.61 Å². The third-order valence-corrected chi connectivity index (χ3v) is 3.56. The van der Waals surface area contributed by atoms with E-state index in [2.05, 4.69) is 31.1 Å². The second-order valence-electron chi connectivity index (χ2n) is 6.57. The van der Waals surface area contributed by atoms with Crippen LogP contribution in [0, 0.1) is 5.92 Å². The molecular formula is C16H26N2O. The Morgan fingerprint density at radius 3 is 2.74 bits per heavy atom. The summed E-state index contributed by atoms with van der Waals surface area (Å²) in [6.07, 6.45) is 7.17. The van der Waals surface area contributed by atoms with Gasteiger partial charge in [-0.1, -0.05) is 12.8 Å². The summed E-state index contributed by atoms with van der Waals surface area (Å²) < 4.78 is 5.82. The number of pyridine rings is 1. The molecule has 0 amide bonds. The molecule has 1 aromatic rings. The van der Waals surface area contributed by atoms with Crippen LogP contribution in [0.5, 0.6) is 5.88 Å². The van der Waals surface area contributed by atoms with Crippen LogP contribution in [0.15, 0.2) is 18.3 Å². The molecular weight excluding hydrogens is 236 g/mol. The molecule has 0 aromatic carbocycles. The van der Waals surface area contributed by atoms with Gasteiger partial charge in [0.15, 0.2) is 0 Å². The predicted molar refractivity (Wildman–Crippen MR) is 78.3 cm³/mol. The maximum Gasteiger partial charge on any atom is 0.213 e. The van der Waals surface area contributed by atoms with Crippen molar-refractivity contribution in [3.8, 4) is 5.88 Å². The molecule has 1 fully saturated rings. The van der Waals surface area contributed by atoms with Gasteiger partial charge in [-0.05, 0) is 51.2 Å². The van der Waals surface area contributed by atoms with Crippen LogP contribution in [0.3, 0.4) is 0 Å². The van der Waals surface area contributed by atoms with E-state index in [0.717, 1.165) is 24.9 Å². The van der Waals surface area contributed by atoms with E-state index in [0.29, 0.717) is 0 Å². The van der Waals surface area contributed by atoms with Gasteiger partial charge in [0.2, 0.25) is 5.88 Å². The maximum absolute atomic E-state index is 5.82. The van der Waals surface area contributed by atoms with Crippen molar-refractivity contribution < 1.29 is 4.74 Å². The first-order chi connectivity index (χ1) is 9.03. The Bertz CT molecular complexity index is 392. The van der Waals surface area contributed by atoms with Crippen molar-refractivity contribution in [1.82, 2.24) is 10.3 Å². The number of nitrogens with one attached hydrogen (secondary N) is 1. The molecule has 1 aromatic heterocycles. The van der Waals surface area contributed by atoms with Gasteiger partial charge in [0.25, 0.3) is 0 Å². The number of hydrogen-bond donors (Lipinski definition) is 1. The van der Waals surface area contributed by atoms with Crippen LogP contribution in [0.2, 0.25) is 0 Å². The van der Waals surface area contributed by atoms with Crippen LogP contribution < -0.4 is 10.1 Å². The Hall–Kier alpha value is -1.09. The Kier molecular flexibility index (Phi) is 4.81. The molecule has 0 aliphatic heterocycles. The van der Waals surface area contributed by atoms with Gasteiger partial charge >= 0.3 is 0 Å².